The van der Waals surface area contributed by atoms with Crippen molar-refractivity contribution in [2.75, 3.05) is 0 Å². The van der Waals surface area contributed by atoms with Crippen LogP contribution in [-0.2, 0) is 12.8 Å². The molecule has 2 heteroatoms. The number of rotatable bonds is 3. The van der Waals surface area contributed by atoms with Crippen LogP contribution in [0.3, 0.4) is 0 Å². The van der Waals surface area contributed by atoms with Gasteiger partial charge >= 0.3 is 0 Å². The Kier molecular flexibility index (Phi) is 6.47. The number of nitrogens with zero attached hydrogens (tertiary/aromatic N) is 1. The molecule has 0 atom stereocenters. The molecular weight excluding hydrogens is 118 g/mol. The van der Waals surface area contributed by atoms with Crippen molar-refractivity contribution in [2.45, 2.75) is 32.6 Å². The normalized spacial score (nSPS) is 7.62. The van der Waals surface area contributed by atoms with E-state index >= 15 is 0 Å². The van der Waals surface area contributed by atoms with E-state index < -0.39 is 0 Å². The van der Waals surface area contributed by atoms with Crippen molar-refractivity contribution in [2.24, 2.45) is 0 Å². The minimum Gasteiger partial charge on any atom is -0.264 e. The minimum absolute atomic E-state index is 0.928. The van der Waals surface area contributed by atoms with Gasteiger partial charge in [-0.25, -0.2) is 0 Å². The Balaban J connectivity index is 2.79. The highest BCUT2D eigenvalue weighted by molar-refractivity contribution is 7.61. The smallest absolute Gasteiger partial charge is 0.252 e. The van der Waals surface area contributed by atoms with Crippen LogP contribution in [0.4, 0.5) is 0 Å². The quantitative estimate of drug-likeness (QED) is 0.418. The van der Waals surface area contributed by atoms with Crippen molar-refractivity contribution in [1.29, 1.82) is 0 Å². The van der Waals surface area contributed by atoms with E-state index in [1.54, 1.807) is 0 Å². The monoisotopic (exact) mass is 129 g/mol. The van der Waals surface area contributed by atoms with Crippen LogP contribution < -0.4 is 0 Å². The van der Waals surface area contributed by atoms with Gasteiger partial charge < -0.3 is 0 Å². The SMILES string of the molecule is CCCCCC#[N+][S-]. The summed E-state index contributed by atoms with van der Waals surface area (Å²) in [6, 6.07) is 2.72. The summed E-state index contributed by atoms with van der Waals surface area (Å²) in [5, 5.41) is 0. The van der Waals surface area contributed by atoms with E-state index in [4.69, 9.17) is 0 Å². The van der Waals surface area contributed by atoms with Crippen LogP contribution in [0.15, 0.2) is 0 Å². The average Bonchev–Trinajstić information content (AvgIpc) is 1.81. The molecule has 0 rings (SSSR count). The largest absolute Gasteiger partial charge is 0.264 e. The highest BCUT2D eigenvalue weighted by atomic mass is 32.1. The Labute approximate surface area is 56.5 Å². The van der Waals surface area contributed by atoms with Crippen molar-refractivity contribution in [3.05, 3.63) is 4.25 Å². The van der Waals surface area contributed by atoms with Gasteiger partial charge in [-0.1, -0.05) is 19.8 Å². The lowest BCUT2D eigenvalue weighted by Gasteiger charge is -1.83. The van der Waals surface area contributed by atoms with E-state index in [2.05, 4.69) is 30.1 Å². The van der Waals surface area contributed by atoms with Gasteiger partial charge in [-0.2, -0.15) is 4.25 Å². The average molecular weight is 129 g/mol. The van der Waals surface area contributed by atoms with Gasteiger partial charge in [-0.05, 0) is 6.42 Å². The summed E-state index contributed by atoms with van der Waals surface area (Å²) in [6.07, 6.45) is 4.62. The Morgan fingerprint density at radius 1 is 1.50 bits per heavy atom. The zero-order chi connectivity index (χ0) is 6.24. The Morgan fingerprint density at radius 3 is 2.75 bits per heavy atom. The molecule has 0 N–H and O–H groups in total. The first-order valence-corrected chi connectivity index (χ1v) is 3.33. The van der Waals surface area contributed by atoms with Gasteiger partial charge in [0.1, 0.15) is 0 Å². The maximum atomic E-state index is 4.32. The van der Waals surface area contributed by atoms with Crippen molar-refractivity contribution >= 4 is 12.8 Å². The van der Waals surface area contributed by atoms with Crippen LogP contribution in [0.5, 0.6) is 0 Å². The van der Waals surface area contributed by atoms with Gasteiger partial charge in [0.25, 0.3) is 6.07 Å². The van der Waals surface area contributed by atoms with Crippen LogP contribution >= 0.6 is 0 Å². The molecule has 0 aromatic rings. The fourth-order valence-electron chi connectivity index (χ4n) is 0.500. The van der Waals surface area contributed by atoms with Gasteiger partial charge in [-0.3, -0.25) is 12.8 Å². The van der Waals surface area contributed by atoms with Crippen molar-refractivity contribution in [3.8, 4) is 6.07 Å². The van der Waals surface area contributed by atoms with Crippen LogP contribution in [-0.4, -0.2) is 0 Å². The standard InChI is InChI=1S/C6H11NS/c1-2-3-4-5-6-7-8/h2-5H2,1H3. The molecule has 0 fully saturated rings. The summed E-state index contributed by atoms with van der Waals surface area (Å²) < 4.78 is 3.34. The molecule has 0 bridgehead atoms. The zero-order valence-electron chi connectivity index (χ0n) is 5.18. The van der Waals surface area contributed by atoms with Crippen LogP contribution in [0.1, 0.15) is 32.6 Å². The van der Waals surface area contributed by atoms with Gasteiger partial charge in [0.15, 0.2) is 0 Å². The molecule has 8 heavy (non-hydrogen) atoms. The summed E-state index contributed by atoms with van der Waals surface area (Å²) >= 11 is 4.32. The molecule has 0 spiro atoms. The van der Waals surface area contributed by atoms with Crippen molar-refractivity contribution in [1.82, 2.24) is 0 Å². The first kappa shape index (κ1) is 7.71. The summed E-state index contributed by atoms with van der Waals surface area (Å²) in [7, 11) is 0. The fourth-order valence-corrected chi connectivity index (χ4v) is 0.591. The molecule has 0 aliphatic carbocycles. The second-order valence-corrected chi connectivity index (χ2v) is 1.89. The van der Waals surface area contributed by atoms with Crippen molar-refractivity contribution in [3.63, 3.8) is 0 Å². The molecule has 0 amide bonds. The summed E-state index contributed by atoms with van der Waals surface area (Å²) in [4.78, 5) is 0. The maximum Gasteiger partial charge on any atom is 0.252 e. The lowest BCUT2D eigenvalue weighted by atomic mass is 10.2. The number of hydrogen-bond donors (Lipinski definition) is 0. The van der Waals surface area contributed by atoms with Gasteiger partial charge in [-0.15, -0.1) is 0 Å². The lowest BCUT2D eigenvalue weighted by molar-refractivity contribution is 0.737. The molecule has 0 aromatic heterocycles. The minimum atomic E-state index is 0.928. The van der Waals surface area contributed by atoms with E-state index in [1.165, 1.54) is 19.3 Å². The van der Waals surface area contributed by atoms with E-state index in [9.17, 15) is 0 Å². The third kappa shape index (κ3) is 5.71. The van der Waals surface area contributed by atoms with Crippen LogP contribution in [0.25, 0.3) is 4.25 Å². The molecule has 0 heterocycles. The van der Waals surface area contributed by atoms with Gasteiger partial charge in [0, 0.05) is 0 Å². The molecule has 0 aliphatic rings. The molecular formula is C6H11NS. The van der Waals surface area contributed by atoms with Gasteiger partial charge in [0.2, 0.25) is 0 Å². The number of unbranched alkanes of at least 4 members (excludes halogenated alkanes) is 3. The van der Waals surface area contributed by atoms with E-state index in [0.717, 1.165) is 6.42 Å². The third-order valence-corrected chi connectivity index (χ3v) is 1.09. The molecule has 0 aromatic carbocycles. The van der Waals surface area contributed by atoms with Crippen molar-refractivity contribution < 1.29 is 0 Å². The molecule has 0 radical (unpaired) electrons. The summed E-state index contributed by atoms with van der Waals surface area (Å²) in [5.41, 5.74) is 0. The highest BCUT2D eigenvalue weighted by Gasteiger charge is 1.83. The second-order valence-electron chi connectivity index (χ2n) is 1.71. The lowest BCUT2D eigenvalue weighted by Crippen LogP contribution is -1.69. The van der Waals surface area contributed by atoms with Crippen LogP contribution in [0, 0.1) is 6.07 Å². The molecule has 0 saturated carbocycles. The first-order valence-electron chi connectivity index (χ1n) is 2.97. The van der Waals surface area contributed by atoms with Crippen LogP contribution in [0.2, 0.25) is 0 Å². The predicted octanol–water partition coefficient (Wildman–Crippen LogP) is 2.36. The Bertz CT molecular complexity index is 90.4. The molecule has 0 saturated heterocycles. The van der Waals surface area contributed by atoms with Gasteiger partial charge in [0.05, 0.1) is 6.42 Å². The summed E-state index contributed by atoms with van der Waals surface area (Å²) in [6.45, 7) is 2.17. The molecule has 1 nitrogen and oxygen atoms in total. The van der Waals surface area contributed by atoms with E-state index in [1.807, 2.05) is 0 Å². The molecule has 0 unspecified atom stereocenters. The molecule has 46 valence electrons. The van der Waals surface area contributed by atoms with E-state index in [0.29, 0.717) is 0 Å². The Hall–Kier alpha value is -0.290. The first-order chi connectivity index (χ1) is 3.91. The molecule has 0 aliphatic heterocycles. The second kappa shape index (κ2) is 6.71. The van der Waals surface area contributed by atoms with E-state index in [-0.39, 0.29) is 0 Å². The zero-order valence-corrected chi connectivity index (χ0v) is 6.00. The topological polar surface area (TPSA) is 4.36 Å². The number of hydrogen-bond acceptors (Lipinski definition) is 1. The predicted molar refractivity (Wildman–Crippen MR) is 38.8 cm³/mol. The maximum absolute atomic E-state index is 4.32. The highest BCUT2D eigenvalue weighted by Crippen LogP contribution is 1.96. The fraction of sp³-hybridized carbons (Fsp3) is 0.833. The summed E-state index contributed by atoms with van der Waals surface area (Å²) in [5.74, 6) is 0. The third-order valence-electron chi connectivity index (χ3n) is 0.957. The Morgan fingerprint density at radius 2 is 2.25 bits per heavy atom.